The van der Waals surface area contributed by atoms with Gasteiger partial charge in [-0.25, -0.2) is 0 Å². The second-order valence-electron chi connectivity index (χ2n) is 3.37. The fourth-order valence-electron chi connectivity index (χ4n) is 1.45. The lowest BCUT2D eigenvalue weighted by Gasteiger charge is -2.04. The number of hydrogen-bond acceptors (Lipinski definition) is 0. The molecule has 1 aromatic rings. The first-order chi connectivity index (χ1) is 6.27. The Balaban J connectivity index is 2.99. The van der Waals surface area contributed by atoms with Gasteiger partial charge in [0.25, 0.3) is 0 Å². The Morgan fingerprint density at radius 3 is 2.62 bits per heavy atom. The van der Waals surface area contributed by atoms with E-state index in [-0.39, 0.29) is 0 Å². The van der Waals surface area contributed by atoms with Crippen molar-refractivity contribution in [1.82, 2.24) is 0 Å². The molecular formula is C13H18. The predicted octanol–water partition coefficient (Wildman–Crippen LogP) is 3.98. The predicted molar refractivity (Wildman–Crippen MR) is 59.9 cm³/mol. The highest BCUT2D eigenvalue weighted by atomic mass is 14.0. The van der Waals surface area contributed by atoms with Gasteiger partial charge in [-0.05, 0) is 30.9 Å². The minimum atomic E-state index is 1.11. The molecule has 1 aromatic carbocycles. The molecule has 0 aliphatic rings. The third-order valence-electron chi connectivity index (χ3n) is 2.21. The van der Waals surface area contributed by atoms with Crippen molar-refractivity contribution < 1.29 is 0 Å². The topological polar surface area (TPSA) is 0 Å². The highest BCUT2D eigenvalue weighted by Gasteiger charge is 1.96. The Hall–Kier alpha value is -1.04. The Morgan fingerprint density at radius 2 is 2.00 bits per heavy atom. The second kappa shape index (κ2) is 4.86. The first-order valence-electron chi connectivity index (χ1n) is 5.04. The summed E-state index contributed by atoms with van der Waals surface area (Å²) in [6.45, 7) is 6.51. The van der Waals surface area contributed by atoms with Gasteiger partial charge in [0.2, 0.25) is 0 Å². The van der Waals surface area contributed by atoms with Crippen molar-refractivity contribution in [2.24, 2.45) is 0 Å². The first kappa shape index (κ1) is 10.0. The summed E-state index contributed by atoms with van der Waals surface area (Å²) in [6, 6.07) is 6.66. The average Bonchev–Trinajstić information content (AvgIpc) is 2.16. The van der Waals surface area contributed by atoms with E-state index < -0.39 is 0 Å². The summed E-state index contributed by atoms with van der Waals surface area (Å²) in [5.74, 6) is 0. The molecule has 0 amide bonds. The lowest BCUT2D eigenvalue weighted by atomic mass is 10.0. The lowest BCUT2D eigenvalue weighted by Crippen LogP contribution is -1.87. The van der Waals surface area contributed by atoms with Gasteiger partial charge in [0.1, 0.15) is 0 Å². The van der Waals surface area contributed by atoms with Crippen LogP contribution in [-0.2, 0) is 6.42 Å². The molecule has 0 saturated carbocycles. The van der Waals surface area contributed by atoms with E-state index in [9.17, 15) is 0 Å². The van der Waals surface area contributed by atoms with Crippen LogP contribution >= 0.6 is 0 Å². The number of aryl methyl sites for hydroxylation is 2. The molecule has 0 aromatic heterocycles. The van der Waals surface area contributed by atoms with Crippen molar-refractivity contribution in [2.75, 3.05) is 0 Å². The molecule has 70 valence electrons. The van der Waals surface area contributed by atoms with Crippen molar-refractivity contribution in [3.63, 3.8) is 0 Å². The number of benzene rings is 1. The SMILES string of the molecule is CC/C=C\c1ccc(C)cc1CC. The summed E-state index contributed by atoms with van der Waals surface area (Å²) < 4.78 is 0. The third-order valence-corrected chi connectivity index (χ3v) is 2.21. The molecule has 0 N–H and O–H groups in total. The monoisotopic (exact) mass is 174 g/mol. The van der Waals surface area contributed by atoms with Gasteiger partial charge in [-0.3, -0.25) is 0 Å². The van der Waals surface area contributed by atoms with E-state index in [0.29, 0.717) is 0 Å². The van der Waals surface area contributed by atoms with Crippen molar-refractivity contribution in [2.45, 2.75) is 33.6 Å². The Morgan fingerprint density at radius 1 is 1.23 bits per heavy atom. The van der Waals surface area contributed by atoms with Gasteiger partial charge < -0.3 is 0 Å². The molecule has 0 aliphatic carbocycles. The van der Waals surface area contributed by atoms with E-state index in [1.165, 1.54) is 16.7 Å². The number of rotatable bonds is 3. The van der Waals surface area contributed by atoms with Crippen molar-refractivity contribution in [1.29, 1.82) is 0 Å². The zero-order chi connectivity index (χ0) is 9.68. The number of hydrogen-bond donors (Lipinski definition) is 0. The summed E-state index contributed by atoms with van der Waals surface area (Å²) >= 11 is 0. The van der Waals surface area contributed by atoms with Crippen LogP contribution in [0.15, 0.2) is 24.3 Å². The van der Waals surface area contributed by atoms with E-state index in [4.69, 9.17) is 0 Å². The van der Waals surface area contributed by atoms with Gasteiger partial charge in [-0.15, -0.1) is 0 Å². The molecule has 0 atom stereocenters. The molecular weight excluding hydrogens is 156 g/mol. The van der Waals surface area contributed by atoms with Crippen molar-refractivity contribution >= 4 is 6.08 Å². The molecule has 0 heterocycles. The fraction of sp³-hybridized carbons (Fsp3) is 0.385. The summed E-state index contributed by atoms with van der Waals surface area (Å²) in [5.41, 5.74) is 4.17. The molecule has 0 spiro atoms. The summed E-state index contributed by atoms with van der Waals surface area (Å²) in [4.78, 5) is 0. The van der Waals surface area contributed by atoms with E-state index in [1.54, 1.807) is 0 Å². The third kappa shape index (κ3) is 2.73. The molecule has 0 heteroatoms. The largest absolute Gasteiger partial charge is 0.0842 e. The summed E-state index contributed by atoms with van der Waals surface area (Å²) in [5, 5.41) is 0. The lowest BCUT2D eigenvalue weighted by molar-refractivity contribution is 1.12. The number of allylic oxidation sites excluding steroid dienone is 1. The molecule has 0 fully saturated rings. The van der Waals surface area contributed by atoms with Crippen LogP contribution in [0, 0.1) is 6.92 Å². The molecule has 0 unspecified atom stereocenters. The molecule has 0 aliphatic heterocycles. The highest BCUT2D eigenvalue weighted by molar-refractivity contribution is 5.54. The minimum Gasteiger partial charge on any atom is -0.0842 e. The van der Waals surface area contributed by atoms with Crippen LogP contribution in [0.5, 0.6) is 0 Å². The van der Waals surface area contributed by atoms with Gasteiger partial charge in [0, 0.05) is 0 Å². The maximum atomic E-state index is 2.27. The Labute approximate surface area is 81.3 Å². The van der Waals surface area contributed by atoms with E-state index in [0.717, 1.165) is 12.8 Å². The highest BCUT2D eigenvalue weighted by Crippen LogP contribution is 2.14. The zero-order valence-electron chi connectivity index (χ0n) is 8.80. The molecule has 0 radical (unpaired) electrons. The molecule has 0 saturated heterocycles. The molecule has 0 bridgehead atoms. The quantitative estimate of drug-likeness (QED) is 0.650. The normalized spacial score (nSPS) is 11.0. The fourth-order valence-corrected chi connectivity index (χ4v) is 1.45. The van der Waals surface area contributed by atoms with Crippen LogP contribution in [-0.4, -0.2) is 0 Å². The Bertz CT molecular complexity index is 295. The maximum absolute atomic E-state index is 2.27. The summed E-state index contributed by atoms with van der Waals surface area (Å²) in [7, 11) is 0. The van der Waals surface area contributed by atoms with Crippen LogP contribution in [0.25, 0.3) is 6.08 Å². The minimum absolute atomic E-state index is 1.11. The standard InChI is InChI=1S/C13H18/c1-4-6-7-13-9-8-11(3)10-12(13)5-2/h6-10H,4-5H2,1-3H3/b7-6-. The first-order valence-corrected chi connectivity index (χ1v) is 5.04. The maximum Gasteiger partial charge on any atom is -0.0228 e. The van der Waals surface area contributed by atoms with Gasteiger partial charge in [0.15, 0.2) is 0 Å². The van der Waals surface area contributed by atoms with Crippen LogP contribution in [0.4, 0.5) is 0 Å². The molecule has 1 rings (SSSR count). The van der Waals surface area contributed by atoms with Crippen LogP contribution in [0.2, 0.25) is 0 Å². The van der Waals surface area contributed by atoms with E-state index in [2.05, 4.69) is 51.1 Å². The van der Waals surface area contributed by atoms with E-state index >= 15 is 0 Å². The van der Waals surface area contributed by atoms with Crippen molar-refractivity contribution in [3.8, 4) is 0 Å². The van der Waals surface area contributed by atoms with Gasteiger partial charge in [-0.1, -0.05) is 49.8 Å². The van der Waals surface area contributed by atoms with Crippen LogP contribution in [0.3, 0.4) is 0 Å². The van der Waals surface area contributed by atoms with Crippen LogP contribution in [0.1, 0.15) is 37.0 Å². The van der Waals surface area contributed by atoms with Gasteiger partial charge >= 0.3 is 0 Å². The van der Waals surface area contributed by atoms with Gasteiger partial charge in [-0.2, -0.15) is 0 Å². The molecule has 13 heavy (non-hydrogen) atoms. The van der Waals surface area contributed by atoms with Crippen LogP contribution < -0.4 is 0 Å². The Kier molecular flexibility index (Phi) is 3.75. The smallest absolute Gasteiger partial charge is 0.0228 e. The summed E-state index contributed by atoms with van der Waals surface area (Å²) in [6.07, 6.45) is 6.66. The van der Waals surface area contributed by atoms with E-state index in [1.807, 2.05) is 0 Å². The van der Waals surface area contributed by atoms with Gasteiger partial charge in [0.05, 0.1) is 0 Å². The van der Waals surface area contributed by atoms with Crippen molar-refractivity contribution in [3.05, 3.63) is 41.0 Å². The zero-order valence-corrected chi connectivity index (χ0v) is 8.80. The average molecular weight is 174 g/mol. The second-order valence-corrected chi connectivity index (χ2v) is 3.37. The molecule has 0 nitrogen and oxygen atoms in total.